The van der Waals surface area contributed by atoms with Gasteiger partial charge in [0.2, 0.25) is 0 Å². The fourth-order valence-corrected chi connectivity index (χ4v) is 3.83. The zero-order valence-electron chi connectivity index (χ0n) is 15.2. The molecular weight excluding hydrogens is 372 g/mol. The standard InChI is InChI=1S/C18H23ClN4O2S/c1-4-20-18(22-10-16-11(2)23-12(3)26-16)21-9-13-7-14(19)17-15(8-13)24-5-6-25-17/h7-8H,4-6,9-10H2,1-3H3,(H2,20,21,22). The molecule has 8 heteroatoms. The van der Waals surface area contributed by atoms with E-state index in [-0.39, 0.29) is 0 Å². The van der Waals surface area contributed by atoms with Gasteiger partial charge in [0.05, 0.1) is 28.8 Å². The first-order chi connectivity index (χ1) is 12.6. The molecule has 2 heterocycles. The van der Waals surface area contributed by atoms with Crippen molar-refractivity contribution < 1.29 is 9.47 Å². The van der Waals surface area contributed by atoms with Crippen molar-refractivity contribution in [1.82, 2.24) is 15.6 Å². The fourth-order valence-electron chi connectivity index (χ4n) is 2.67. The number of nitrogens with zero attached hydrogens (tertiary/aromatic N) is 2. The minimum atomic E-state index is 0.492. The van der Waals surface area contributed by atoms with Crippen LogP contribution in [0.2, 0.25) is 5.02 Å². The molecule has 0 radical (unpaired) electrons. The van der Waals surface area contributed by atoms with Crippen LogP contribution in [0.5, 0.6) is 11.5 Å². The fraction of sp³-hybridized carbons (Fsp3) is 0.444. The van der Waals surface area contributed by atoms with Crippen molar-refractivity contribution in [3.63, 3.8) is 0 Å². The maximum atomic E-state index is 6.29. The summed E-state index contributed by atoms with van der Waals surface area (Å²) in [7, 11) is 0. The van der Waals surface area contributed by atoms with E-state index < -0.39 is 0 Å². The molecule has 0 fully saturated rings. The molecule has 3 rings (SSSR count). The van der Waals surface area contributed by atoms with Crippen LogP contribution >= 0.6 is 22.9 Å². The number of ether oxygens (including phenoxy) is 2. The van der Waals surface area contributed by atoms with E-state index >= 15 is 0 Å². The average molecular weight is 395 g/mol. The van der Waals surface area contributed by atoms with Crippen molar-refractivity contribution in [3.8, 4) is 11.5 Å². The van der Waals surface area contributed by atoms with Crippen LogP contribution in [-0.4, -0.2) is 30.7 Å². The van der Waals surface area contributed by atoms with Crippen molar-refractivity contribution in [3.05, 3.63) is 38.3 Å². The predicted octanol–water partition coefficient (Wildman–Crippen LogP) is 3.44. The normalized spacial score (nSPS) is 13.6. The van der Waals surface area contributed by atoms with Crippen molar-refractivity contribution in [2.24, 2.45) is 4.99 Å². The van der Waals surface area contributed by atoms with Gasteiger partial charge < -0.3 is 20.1 Å². The Morgan fingerprint density at radius 2 is 2.08 bits per heavy atom. The molecule has 1 aliphatic rings. The van der Waals surface area contributed by atoms with E-state index in [1.807, 2.05) is 32.9 Å². The first-order valence-corrected chi connectivity index (χ1v) is 9.79. The molecule has 1 aliphatic heterocycles. The van der Waals surface area contributed by atoms with Gasteiger partial charge in [-0.25, -0.2) is 9.98 Å². The maximum absolute atomic E-state index is 6.29. The van der Waals surface area contributed by atoms with Crippen LogP contribution in [0.4, 0.5) is 0 Å². The zero-order chi connectivity index (χ0) is 18.5. The molecule has 2 aromatic rings. The summed E-state index contributed by atoms with van der Waals surface area (Å²) in [6.07, 6.45) is 0. The molecule has 0 spiro atoms. The van der Waals surface area contributed by atoms with Gasteiger partial charge in [-0.3, -0.25) is 0 Å². The van der Waals surface area contributed by atoms with Gasteiger partial charge in [0, 0.05) is 11.4 Å². The number of guanidine groups is 1. The van der Waals surface area contributed by atoms with Gasteiger partial charge in [-0.2, -0.15) is 0 Å². The Labute approximate surface area is 162 Å². The molecule has 1 aromatic heterocycles. The summed E-state index contributed by atoms with van der Waals surface area (Å²) in [4.78, 5) is 10.3. The smallest absolute Gasteiger partial charge is 0.191 e. The highest BCUT2D eigenvalue weighted by Crippen LogP contribution is 2.38. The van der Waals surface area contributed by atoms with Gasteiger partial charge in [0.15, 0.2) is 17.5 Å². The van der Waals surface area contributed by atoms with Crippen LogP contribution in [0.25, 0.3) is 0 Å². The highest BCUT2D eigenvalue weighted by Gasteiger charge is 2.16. The monoisotopic (exact) mass is 394 g/mol. The molecule has 1 aromatic carbocycles. The minimum absolute atomic E-state index is 0.492. The molecule has 0 aliphatic carbocycles. The van der Waals surface area contributed by atoms with Gasteiger partial charge >= 0.3 is 0 Å². The molecule has 140 valence electrons. The average Bonchev–Trinajstić information content (AvgIpc) is 2.95. The third-order valence-corrected chi connectivity index (χ3v) is 5.19. The quantitative estimate of drug-likeness (QED) is 0.600. The van der Waals surface area contributed by atoms with E-state index in [2.05, 4.69) is 20.6 Å². The molecular formula is C18H23ClN4O2S. The molecule has 6 nitrogen and oxygen atoms in total. The van der Waals surface area contributed by atoms with Crippen LogP contribution in [0, 0.1) is 13.8 Å². The van der Waals surface area contributed by atoms with Crippen LogP contribution in [0.15, 0.2) is 17.1 Å². The summed E-state index contributed by atoms with van der Waals surface area (Å²) in [6.45, 7) is 9.13. The maximum Gasteiger partial charge on any atom is 0.191 e. The number of fused-ring (bicyclic) bond motifs is 1. The second-order valence-electron chi connectivity index (χ2n) is 5.89. The number of thiazole rings is 1. The van der Waals surface area contributed by atoms with E-state index in [0.717, 1.165) is 28.8 Å². The second kappa shape index (κ2) is 8.60. The van der Waals surface area contributed by atoms with Crippen molar-refractivity contribution in [2.75, 3.05) is 19.8 Å². The molecule has 0 saturated carbocycles. The Morgan fingerprint density at radius 1 is 1.27 bits per heavy atom. The third kappa shape index (κ3) is 4.59. The van der Waals surface area contributed by atoms with Crippen LogP contribution < -0.4 is 20.1 Å². The van der Waals surface area contributed by atoms with Crippen LogP contribution in [-0.2, 0) is 13.1 Å². The highest BCUT2D eigenvalue weighted by atomic mass is 35.5. The molecule has 26 heavy (non-hydrogen) atoms. The Hall–Kier alpha value is -1.99. The first-order valence-electron chi connectivity index (χ1n) is 8.60. The number of aromatic nitrogens is 1. The lowest BCUT2D eigenvalue weighted by molar-refractivity contribution is 0.171. The summed E-state index contributed by atoms with van der Waals surface area (Å²) in [5.41, 5.74) is 2.04. The van der Waals surface area contributed by atoms with E-state index in [4.69, 9.17) is 21.1 Å². The van der Waals surface area contributed by atoms with Crippen LogP contribution in [0.1, 0.15) is 28.1 Å². The van der Waals surface area contributed by atoms with E-state index in [1.54, 1.807) is 11.3 Å². The number of rotatable bonds is 5. The second-order valence-corrected chi connectivity index (χ2v) is 7.59. The van der Waals surface area contributed by atoms with E-state index in [1.165, 1.54) is 4.88 Å². The number of aryl methyl sites for hydroxylation is 2. The Morgan fingerprint density at radius 3 is 2.81 bits per heavy atom. The number of hydrogen-bond donors (Lipinski definition) is 2. The number of aliphatic imine (C=N–C) groups is 1. The molecule has 2 N–H and O–H groups in total. The van der Waals surface area contributed by atoms with E-state index in [9.17, 15) is 0 Å². The SMILES string of the molecule is CCNC(=NCc1cc(Cl)c2c(c1)OCCO2)NCc1sc(C)nc1C. The summed E-state index contributed by atoms with van der Waals surface area (Å²) in [5.74, 6) is 2.05. The zero-order valence-corrected chi connectivity index (χ0v) is 16.8. The summed E-state index contributed by atoms with van der Waals surface area (Å²) in [5, 5.41) is 8.25. The van der Waals surface area contributed by atoms with Gasteiger partial charge in [-0.1, -0.05) is 11.6 Å². The minimum Gasteiger partial charge on any atom is -0.486 e. The molecule has 0 atom stereocenters. The largest absolute Gasteiger partial charge is 0.486 e. The summed E-state index contributed by atoms with van der Waals surface area (Å²) in [6, 6.07) is 3.81. The van der Waals surface area contributed by atoms with Crippen LogP contribution in [0.3, 0.4) is 0 Å². The lowest BCUT2D eigenvalue weighted by Crippen LogP contribution is -2.36. The molecule has 0 bridgehead atoms. The number of benzene rings is 1. The van der Waals surface area contributed by atoms with Gasteiger partial charge in [-0.15, -0.1) is 11.3 Å². The molecule has 0 amide bonds. The van der Waals surface area contributed by atoms with Gasteiger partial charge in [0.25, 0.3) is 0 Å². The Balaban J connectivity index is 1.69. The van der Waals surface area contributed by atoms with Crippen molar-refractivity contribution >= 4 is 28.9 Å². The highest BCUT2D eigenvalue weighted by molar-refractivity contribution is 7.11. The Bertz CT molecular complexity index is 807. The lowest BCUT2D eigenvalue weighted by atomic mass is 10.2. The predicted molar refractivity (Wildman–Crippen MR) is 106 cm³/mol. The van der Waals surface area contributed by atoms with E-state index in [0.29, 0.717) is 42.8 Å². The third-order valence-electron chi connectivity index (χ3n) is 3.84. The molecule has 0 unspecified atom stereocenters. The summed E-state index contributed by atoms with van der Waals surface area (Å²) >= 11 is 8.00. The first kappa shape index (κ1) is 18.8. The summed E-state index contributed by atoms with van der Waals surface area (Å²) < 4.78 is 11.2. The molecule has 0 saturated heterocycles. The Kier molecular flexibility index (Phi) is 6.21. The van der Waals surface area contributed by atoms with Gasteiger partial charge in [0.1, 0.15) is 13.2 Å². The van der Waals surface area contributed by atoms with Crippen molar-refractivity contribution in [1.29, 1.82) is 0 Å². The topological polar surface area (TPSA) is 67.8 Å². The van der Waals surface area contributed by atoms with Crippen molar-refractivity contribution in [2.45, 2.75) is 33.9 Å². The lowest BCUT2D eigenvalue weighted by Gasteiger charge is -2.20. The number of nitrogens with one attached hydrogen (secondary N) is 2. The number of hydrogen-bond acceptors (Lipinski definition) is 5. The van der Waals surface area contributed by atoms with Gasteiger partial charge in [-0.05, 0) is 38.5 Å². The number of halogens is 1.